The van der Waals surface area contributed by atoms with Crippen LogP contribution in [-0.4, -0.2) is 66.2 Å². The van der Waals surface area contributed by atoms with Crippen LogP contribution in [0.3, 0.4) is 0 Å². The minimum absolute atomic E-state index is 0.0385. The van der Waals surface area contributed by atoms with Crippen LogP contribution in [0.15, 0.2) is 66.7 Å². The third-order valence-corrected chi connectivity index (χ3v) is 5.68. The summed E-state index contributed by atoms with van der Waals surface area (Å²) in [6.45, 7) is 2.24. The second-order valence-corrected chi connectivity index (χ2v) is 8.25. The van der Waals surface area contributed by atoms with E-state index >= 15 is 0 Å². The molecule has 3 rings (SSSR count). The summed E-state index contributed by atoms with van der Waals surface area (Å²) in [5.41, 5.74) is 8.66. The largest absolute Gasteiger partial charge is 0.478 e. The first-order valence-electron chi connectivity index (χ1n) is 11.4. The number of rotatable bonds is 10. The van der Waals surface area contributed by atoms with Gasteiger partial charge >= 0.3 is 5.97 Å². The summed E-state index contributed by atoms with van der Waals surface area (Å²) in [6.07, 6.45) is 4.04. The lowest BCUT2D eigenvalue weighted by Gasteiger charge is -2.26. The molecular weight excluding hydrogens is 434 g/mol. The van der Waals surface area contributed by atoms with E-state index in [9.17, 15) is 14.4 Å². The first-order valence-corrected chi connectivity index (χ1v) is 11.4. The fourth-order valence-electron chi connectivity index (χ4n) is 3.75. The topological polar surface area (TPSA) is 122 Å². The third kappa shape index (κ3) is 7.83. The Balaban J connectivity index is 1.55. The van der Waals surface area contributed by atoms with Gasteiger partial charge in [0.2, 0.25) is 5.91 Å². The second-order valence-electron chi connectivity index (χ2n) is 8.25. The standard InChI is InChI=1S/C26H31N3O5/c27-23(18-20-6-9-21(10-7-20)26(33)29-14-16-34-17-15-29)25(32)28-22(12-13-24(30)31)11-8-19-4-2-1-3-5-19/h1-7,9-10,12-13,22-23H,8,11,14-18,27H2,(H,28,32)(H,30,31)/b13-12+/t22-,23-/m0/s1. The number of aryl methyl sites for hydroxylation is 1. The van der Waals surface area contributed by atoms with E-state index in [1.54, 1.807) is 29.2 Å². The van der Waals surface area contributed by atoms with Crippen molar-refractivity contribution >= 4 is 17.8 Å². The van der Waals surface area contributed by atoms with Crippen molar-refractivity contribution in [2.75, 3.05) is 26.3 Å². The molecule has 2 atom stereocenters. The predicted octanol–water partition coefficient (Wildman–Crippen LogP) is 1.79. The highest BCUT2D eigenvalue weighted by Crippen LogP contribution is 2.12. The van der Waals surface area contributed by atoms with Crippen molar-refractivity contribution in [3.05, 3.63) is 83.4 Å². The maximum Gasteiger partial charge on any atom is 0.328 e. The van der Waals surface area contributed by atoms with E-state index in [1.165, 1.54) is 6.08 Å². The van der Waals surface area contributed by atoms with Crippen LogP contribution >= 0.6 is 0 Å². The molecule has 4 N–H and O–H groups in total. The van der Waals surface area contributed by atoms with Gasteiger partial charge in [-0.25, -0.2) is 4.79 Å². The highest BCUT2D eigenvalue weighted by atomic mass is 16.5. The summed E-state index contributed by atoms with van der Waals surface area (Å²) < 4.78 is 5.28. The number of carboxylic acid groups (broad SMARTS) is 1. The highest BCUT2D eigenvalue weighted by molar-refractivity contribution is 5.94. The van der Waals surface area contributed by atoms with E-state index in [1.807, 2.05) is 30.3 Å². The van der Waals surface area contributed by atoms with Gasteiger partial charge in [-0.2, -0.15) is 0 Å². The van der Waals surface area contributed by atoms with Crippen LogP contribution in [-0.2, 0) is 27.2 Å². The number of hydrogen-bond donors (Lipinski definition) is 3. The smallest absolute Gasteiger partial charge is 0.328 e. The van der Waals surface area contributed by atoms with Gasteiger partial charge in [0.25, 0.3) is 5.91 Å². The number of benzene rings is 2. The molecule has 0 spiro atoms. The van der Waals surface area contributed by atoms with Crippen molar-refractivity contribution in [1.29, 1.82) is 0 Å². The van der Waals surface area contributed by atoms with Gasteiger partial charge in [-0.1, -0.05) is 48.5 Å². The highest BCUT2D eigenvalue weighted by Gasteiger charge is 2.20. The van der Waals surface area contributed by atoms with Crippen molar-refractivity contribution in [1.82, 2.24) is 10.2 Å². The quantitative estimate of drug-likeness (QED) is 0.460. The Hall–Kier alpha value is -3.49. The van der Waals surface area contributed by atoms with Crippen LogP contribution in [0.2, 0.25) is 0 Å². The van der Waals surface area contributed by atoms with E-state index in [2.05, 4.69) is 5.32 Å². The fraction of sp³-hybridized carbons (Fsp3) is 0.346. The number of nitrogens with zero attached hydrogens (tertiary/aromatic N) is 1. The number of aliphatic carboxylic acids is 1. The SMILES string of the molecule is N[C@@H](Cc1ccc(C(=O)N2CCOCC2)cc1)C(=O)N[C@H](/C=C/C(=O)O)CCc1ccccc1. The molecule has 0 unspecified atom stereocenters. The molecule has 0 aromatic heterocycles. The molecule has 34 heavy (non-hydrogen) atoms. The summed E-state index contributed by atoms with van der Waals surface area (Å²) in [4.78, 5) is 38.0. The van der Waals surface area contributed by atoms with Gasteiger partial charge in [-0.05, 0) is 42.5 Å². The van der Waals surface area contributed by atoms with Gasteiger partial charge in [-0.15, -0.1) is 0 Å². The zero-order valence-electron chi connectivity index (χ0n) is 19.1. The normalized spacial score (nSPS) is 15.6. The second kappa shape index (κ2) is 12.7. The molecule has 0 radical (unpaired) electrons. The third-order valence-electron chi connectivity index (χ3n) is 5.68. The van der Waals surface area contributed by atoms with Crippen molar-refractivity contribution in [2.45, 2.75) is 31.3 Å². The summed E-state index contributed by atoms with van der Waals surface area (Å²) in [6, 6.07) is 15.6. The zero-order chi connectivity index (χ0) is 24.3. The number of nitrogens with two attached hydrogens (primary N) is 1. The minimum atomic E-state index is -1.07. The fourth-order valence-corrected chi connectivity index (χ4v) is 3.75. The van der Waals surface area contributed by atoms with Gasteiger partial charge in [0.1, 0.15) is 0 Å². The first kappa shape index (κ1) is 25.1. The van der Waals surface area contributed by atoms with Crippen LogP contribution < -0.4 is 11.1 Å². The average molecular weight is 466 g/mol. The number of carbonyl (C=O) groups excluding carboxylic acids is 2. The molecule has 1 saturated heterocycles. The van der Waals surface area contributed by atoms with Crippen molar-refractivity contribution in [3.8, 4) is 0 Å². The van der Waals surface area contributed by atoms with Crippen LogP contribution in [0.1, 0.15) is 27.9 Å². The molecule has 180 valence electrons. The van der Waals surface area contributed by atoms with Gasteiger partial charge in [-0.3, -0.25) is 9.59 Å². The number of carboxylic acids is 1. The van der Waals surface area contributed by atoms with E-state index in [-0.39, 0.29) is 11.8 Å². The van der Waals surface area contributed by atoms with Crippen LogP contribution in [0.4, 0.5) is 0 Å². The molecule has 2 aromatic carbocycles. The van der Waals surface area contributed by atoms with E-state index in [4.69, 9.17) is 15.6 Å². The Kier molecular flexibility index (Phi) is 9.37. The van der Waals surface area contributed by atoms with Crippen LogP contribution in [0.25, 0.3) is 0 Å². The number of nitrogens with one attached hydrogen (secondary N) is 1. The van der Waals surface area contributed by atoms with Crippen LogP contribution in [0.5, 0.6) is 0 Å². The molecule has 8 heteroatoms. The molecular formula is C26H31N3O5. The van der Waals surface area contributed by atoms with Gasteiger partial charge in [0.15, 0.2) is 0 Å². The molecule has 1 fully saturated rings. The number of carbonyl (C=O) groups is 3. The molecule has 8 nitrogen and oxygen atoms in total. The molecule has 1 aliphatic rings. The van der Waals surface area contributed by atoms with Gasteiger partial charge in [0, 0.05) is 30.8 Å². The van der Waals surface area contributed by atoms with E-state index in [0.29, 0.717) is 51.1 Å². The van der Waals surface area contributed by atoms with Crippen molar-refractivity contribution in [2.24, 2.45) is 5.73 Å². The Morgan fingerprint density at radius 1 is 1.03 bits per heavy atom. The Labute approximate surface area is 199 Å². The Morgan fingerprint density at radius 2 is 1.71 bits per heavy atom. The van der Waals surface area contributed by atoms with Crippen molar-refractivity contribution in [3.63, 3.8) is 0 Å². The van der Waals surface area contributed by atoms with Crippen LogP contribution in [0, 0.1) is 0 Å². The summed E-state index contributed by atoms with van der Waals surface area (Å²) in [5.74, 6) is -1.47. The maximum atomic E-state index is 12.7. The van der Waals surface area contributed by atoms with Crippen molar-refractivity contribution < 1.29 is 24.2 Å². The molecule has 1 aliphatic heterocycles. The van der Waals surface area contributed by atoms with Gasteiger partial charge < -0.3 is 25.8 Å². The van der Waals surface area contributed by atoms with Gasteiger partial charge in [0.05, 0.1) is 19.3 Å². The lowest BCUT2D eigenvalue weighted by Crippen LogP contribution is -2.46. The Morgan fingerprint density at radius 3 is 2.35 bits per heavy atom. The number of morpholine rings is 1. The first-order chi connectivity index (χ1) is 16.4. The van der Waals surface area contributed by atoms with E-state index < -0.39 is 18.1 Å². The molecule has 1 heterocycles. The summed E-state index contributed by atoms with van der Waals surface area (Å²) in [5, 5.41) is 11.8. The predicted molar refractivity (Wildman–Crippen MR) is 128 cm³/mol. The lowest BCUT2D eigenvalue weighted by molar-refractivity contribution is -0.131. The zero-order valence-corrected chi connectivity index (χ0v) is 19.1. The molecule has 0 saturated carbocycles. The summed E-state index contributed by atoms with van der Waals surface area (Å²) in [7, 11) is 0. The lowest BCUT2D eigenvalue weighted by atomic mass is 10.0. The summed E-state index contributed by atoms with van der Waals surface area (Å²) >= 11 is 0. The number of amides is 2. The van der Waals surface area contributed by atoms with E-state index in [0.717, 1.165) is 17.2 Å². The molecule has 0 bridgehead atoms. The average Bonchev–Trinajstić information content (AvgIpc) is 2.86. The number of ether oxygens (including phenoxy) is 1. The monoisotopic (exact) mass is 465 g/mol. The molecule has 2 amide bonds. The Bertz CT molecular complexity index is 985. The molecule has 0 aliphatic carbocycles. The maximum absolute atomic E-state index is 12.7. The number of hydrogen-bond acceptors (Lipinski definition) is 5. The minimum Gasteiger partial charge on any atom is -0.478 e. The molecule has 2 aromatic rings.